The molecule has 1 saturated heterocycles. The van der Waals surface area contributed by atoms with Gasteiger partial charge in [-0.15, -0.1) is 0 Å². The van der Waals surface area contributed by atoms with Crippen molar-refractivity contribution in [3.63, 3.8) is 0 Å². The van der Waals surface area contributed by atoms with E-state index in [0.29, 0.717) is 5.75 Å². The Morgan fingerprint density at radius 1 is 1.03 bits per heavy atom. The number of rotatable bonds is 7. The SMILES string of the molecule is N#Cc1ccccc1S(=O)(=O)N1CCN(C(=O)COc2ccc(CC(N)=O)cc2)CC1. The van der Waals surface area contributed by atoms with Gasteiger partial charge in [-0.05, 0) is 29.8 Å². The van der Waals surface area contributed by atoms with E-state index in [2.05, 4.69) is 0 Å². The number of benzene rings is 2. The van der Waals surface area contributed by atoms with Gasteiger partial charge in [0.05, 0.1) is 16.9 Å². The van der Waals surface area contributed by atoms with Gasteiger partial charge in [0, 0.05) is 26.2 Å². The quantitative estimate of drug-likeness (QED) is 0.664. The van der Waals surface area contributed by atoms with E-state index in [9.17, 15) is 23.3 Å². The van der Waals surface area contributed by atoms with Crippen LogP contribution in [0.2, 0.25) is 0 Å². The lowest BCUT2D eigenvalue weighted by Crippen LogP contribution is -2.51. The van der Waals surface area contributed by atoms with Gasteiger partial charge < -0.3 is 15.4 Å². The molecular weight excluding hydrogens is 420 g/mol. The first-order chi connectivity index (χ1) is 14.8. The van der Waals surface area contributed by atoms with E-state index in [0.717, 1.165) is 5.56 Å². The lowest BCUT2D eigenvalue weighted by molar-refractivity contribution is -0.134. The van der Waals surface area contributed by atoms with E-state index in [4.69, 9.17) is 10.5 Å². The standard InChI is InChI=1S/C21H22N4O5S/c22-14-17-3-1-2-4-19(17)31(28,29)25-11-9-24(10-12-25)21(27)15-30-18-7-5-16(6-8-18)13-20(23)26/h1-8H,9-13,15H2,(H2,23,26). The van der Waals surface area contributed by atoms with Gasteiger partial charge in [0.2, 0.25) is 15.9 Å². The van der Waals surface area contributed by atoms with Crippen LogP contribution in [-0.2, 0) is 26.0 Å². The minimum atomic E-state index is -3.81. The van der Waals surface area contributed by atoms with Gasteiger partial charge in [0.25, 0.3) is 5.91 Å². The van der Waals surface area contributed by atoms with Crippen molar-refractivity contribution < 1.29 is 22.7 Å². The molecule has 1 heterocycles. The third kappa shape index (κ3) is 5.39. The average Bonchev–Trinajstić information content (AvgIpc) is 2.78. The molecule has 0 aliphatic carbocycles. The summed E-state index contributed by atoms with van der Waals surface area (Å²) in [7, 11) is -3.81. The maximum absolute atomic E-state index is 12.9. The normalized spacial score (nSPS) is 14.6. The number of nitriles is 1. The Morgan fingerprint density at radius 2 is 1.68 bits per heavy atom. The highest BCUT2D eigenvalue weighted by molar-refractivity contribution is 7.89. The topological polar surface area (TPSA) is 134 Å². The number of carbonyl (C=O) groups excluding carboxylic acids is 2. The molecule has 0 unspecified atom stereocenters. The van der Waals surface area contributed by atoms with Crippen molar-refractivity contribution in [3.05, 3.63) is 59.7 Å². The Bertz CT molecular complexity index is 1100. The van der Waals surface area contributed by atoms with Crippen LogP contribution in [0.1, 0.15) is 11.1 Å². The Morgan fingerprint density at radius 3 is 2.29 bits per heavy atom. The zero-order chi connectivity index (χ0) is 22.4. The first-order valence-corrected chi connectivity index (χ1v) is 11.0. The van der Waals surface area contributed by atoms with Gasteiger partial charge in [0.15, 0.2) is 6.61 Å². The molecule has 0 spiro atoms. The Hall–Kier alpha value is -3.42. The van der Waals surface area contributed by atoms with E-state index in [1.54, 1.807) is 41.3 Å². The van der Waals surface area contributed by atoms with E-state index < -0.39 is 15.9 Å². The summed E-state index contributed by atoms with van der Waals surface area (Å²) in [5, 5.41) is 9.18. The molecule has 1 aliphatic rings. The maximum atomic E-state index is 12.9. The van der Waals surface area contributed by atoms with Crippen molar-refractivity contribution in [1.82, 2.24) is 9.21 Å². The van der Waals surface area contributed by atoms with Crippen molar-refractivity contribution in [2.75, 3.05) is 32.8 Å². The number of hydrogen-bond donors (Lipinski definition) is 1. The van der Waals surface area contributed by atoms with Crippen LogP contribution < -0.4 is 10.5 Å². The summed E-state index contributed by atoms with van der Waals surface area (Å²) in [6.07, 6.45) is 0.130. The number of nitrogens with zero attached hydrogens (tertiary/aromatic N) is 3. The van der Waals surface area contributed by atoms with Crippen LogP contribution in [0, 0.1) is 11.3 Å². The lowest BCUT2D eigenvalue weighted by atomic mass is 10.1. The molecule has 10 heteroatoms. The second kappa shape index (κ2) is 9.59. The summed E-state index contributed by atoms with van der Waals surface area (Å²) in [5.74, 6) is -0.201. The second-order valence-electron chi connectivity index (χ2n) is 6.97. The summed E-state index contributed by atoms with van der Waals surface area (Å²) in [5.41, 5.74) is 6.00. The number of sulfonamides is 1. The van der Waals surface area contributed by atoms with Crippen molar-refractivity contribution >= 4 is 21.8 Å². The number of piperazine rings is 1. The molecule has 0 atom stereocenters. The molecule has 3 rings (SSSR count). The molecule has 9 nitrogen and oxygen atoms in total. The van der Waals surface area contributed by atoms with Crippen LogP contribution in [-0.4, -0.2) is 62.2 Å². The largest absolute Gasteiger partial charge is 0.484 e. The fraction of sp³-hybridized carbons (Fsp3) is 0.286. The molecule has 2 aromatic rings. The van der Waals surface area contributed by atoms with E-state index in [1.807, 2.05) is 6.07 Å². The van der Waals surface area contributed by atoms with Crippen LogP contribution >= 0.6 is 0 Å². The number of nitrogens with two attached hydrogens (primary N) is 1. The van der Waals surface area contributed by atoms with Gasteiger partial charge in [-0.1, -0.05) is 24.3 Å². The van der Waals surface area contributed by atoms with Crippen LogP contribution in [0.15, 0.2) is 53.4 Å². The number of primary amides is 1. The number of hydrogen-bond acceptors (Lipinski definition) is 6. The minimum Gasteiger partial charge on any atom is -0.484 e. The molecule has 0 radical (unpaired) electrons. The van der Waals surface area contributed by atoms with Gasteiger partial charge >= 0.3 is 0 Å². The lowest BCUT2D eigenvalue weighted by Gasteiger charge is -2.34. The van der Waals surface area contributed by atoms with Crippen molar-refractivity contribution in [3.8, 4) is 11.8 Å². The third-order valence-electron chi connectivity index (χ3n) is 4.88. The molecule has 0 bridgehead atoms. The monoisotopic (exact) mass is 442 g/mol. The highest BCUT2D eigenvalue weighted by Crippen LogP contribution is 2.21. The molecule has 0 aromatic heterocycles. The third-order valence-corrected chi connectivity index (χ3v) is 6.84. The minimum absolute atomic E-state index is 0.0274. The highest BCUT2D eigenvalue weighted by Gasteiger charge is 2.31. The summed E-state index contributed by atoms with van der Waals surface area (Å²) >= 11 is 0. The second-order valence-corrected chi connectivity index (χ2v) is 8.87. The molecule has 2 N–H and O–H groups in total. The Balaban J connectivity index is 1.54. The molecule has 2 amide bonds. The van der Waals surface area contributed by atoms with Crippen molar-refractivity contribution in [1.29, 1.82) is 5.26 Å². The molecule has 1 aliphatic heterocycles. The fourth-order valence-corrected chi connectivity index (χ4v) is 4.81. The van der Waals surface area contributed by atoms with Crippen molar-refractivity contribution in [2.45, 2.75) is 11.3 Å². The zero-order valence-corrected chi connectivity index (χ0v) is 17.5. The van der Waals surface area contributed by atoms with E-state index >= 15 is 0 Å². The molecule has 0 saturated carbocycles. The first kappa shape index (κ1) is 22.3. The van der Waals surface area contributed by atoms with Gasteiger partial charge in [-0.25, -0.2) is 8.42 Å². The van der Waals surface area contributed by atoms with Gasteiger partial charge in [-0.2, -0.15) is 9.57 Å². The van der Waals surface area contributed by atoms with Crippen LogP contribution in [0.5, 0.6) is 5.75 Å². The summed E-state index contributed by atoms with van der Waals surface area (Å²) in [6.45, 7) is 0.547. The molecule has 1 fully saturated rings. The smallest absolute Gasteiger partial charge is 0.260 e. The maximum Gasteiger partial charge on any atom is 0.260 e. The Labute approximate surface area is 180 Å². The summed E-state index contributed by atoms with van der Waals surface area (Å²) in [6, 6.07) is 14.7. The molecule has 2 aromatic carbocycles. The van der Waals surface area contributed by atoms with Crippen LogP contribution in [0.3, 0.4) is 0 Å². The summed E-state index contributed by atoms with van der Waals surface area (Å²) in [4.78, 5) is 24.9. The van der Waals surface area contributed by atoms with E-state index in [-0.39, 0.29) is 55.6 Å². The fourth-order valence-electron chi connectivity index (χ4n) is 3.24. The molecular formula is C21H22N4O5S. The first-order valence-electron chi connectivity index (χ1n) is 9.58. The van der Waals surface area contributed by atoms with Crippen molar-refractivity contribution in [2.24, 2.45) is 5.73 Å². The Kier molecular flexibility index (Phi) is 6.89. The van der Waals surface area contributed by atoms with E-state index in [1.165, 1.54) is 16.4 Å². The number of ether oxygens (including phenoxy) is 1. The van der Waals surface area contributed by atoms with Crippen LogP contribution in [0.25, 0.3) is 0 Å². The zero-order valence-electron chi connectivity index (χ0n) is 16.7. The van der Waals surface area contributed by atoms with Gasteiger partial charge in [-0.3, -0.25) is 9.59 Å². The van der Waals surface area contributed by atoms with Gasteiger partial charge in [0.1, 0.15) is 11.8 Å². The molecule has 31 heavy (non-hydrogen) atoms. The van der Waals surface area contributed by atoms with Crippen LogP contribution in [0.4, 0.5) is 0 Å². The number of carbonyl (C=O) groups is 2. The highest BCUT2D eigenvalue weighted by atomic mass is 32.2. The summed E-state index contributed by atoms with van der Waals surface area (Å²) < 4.78 is 32.5. The molecule has 162 valence electrons. The number of amides is 2. The predicted molar refractivity (Wildman–Crippen MR) is 111 cm³/mol. The predicted octanol–water partition coefficient (Wildman–Crippen LogP) is 0.498. The average molecular weight is 442 g/mol.